The van der Waals surface area contributed by atoms with Gasteiger partial charge in [0.15, 0.2) is 4.90 Å². The zero-order valence-corrected chi connectivity index (χ0v) is 14.8. The molecule has 2 aromatic carbocycles. The largest absolute Gasteiger partial charge is 0.395 e. The molecule has 1 atom stereocenters. The first-order valence-corrected chi connectivity index (χ1v) is 9.15. The first-order valence-electron chi connectivity index (χ1n) is 7.66. The van der Waals surface area contributed by atoms with Gasteiger partial charge in [-0.1, -0.05) is 41.5 Å². The molecule has 0 aliphatic rings. The molecule has 0 amide bonds. The molecular formula is C17H20N2O5S. The van der Waals surface area contributed by atoms with Gasteiger partial charge in [-0.2, -0.15) is 0 Å². The van der Waals surface area contributed by atoms with Crippen LogP contribution in [0.1, 0.15) is 16.7 Å². The second-order valence-electron chi connectivity index (χ2n) is 5.93. The number of nitro benzene ring substituents is 1. The van der Waals surface area contributed by atoms with Gasteiger partial charge in [-0.15, -0.1) is 0 Å². The van der Waals surface area contributed by atoms with Gasteiger partial charge in [0.25, 0.3) is 5.69 Å². The Morgan fingerprint density at radius 2 is 1.76 bits per heavy atom. The molecule has 2 N–H and O–H groups in total. The van der Waals surface area contributed by atoms with Crippen molar-refractivity contribution < 1.29 is 18.4 Å². The lowest BCUT2D eigenvalue weighted by molar-refractivity contribution is -0.387. The van der Waals surface area contributed by atoms with Crippen LogP contribution in [0.3, 0.4) is 0 Å². The van der Waals surface area contributed by atoms with E-state index in [1.54, 1.807) is 0 Å². The van der Waals surface area contributed by atoms with Gasteiger partial charge in [0.2, 0.25) is 10.0 Å². The van der Waals surface area contributed by atoms with Crippen LogP contribution in [0.4, 0.5) is 5.69 Å². The number of nitro groups is 1. The van der Waals surface area contributed by atoms with Crippen LogP contribution < -0.4 is 4.72 Å². The van der Waals surface area contributed by atoms with Crippen LogP contribution >= 0.6 is 0 Å². The van der Waals surface area contributed by atoms with E-state index in [9.17, 15) is 23.6 Å². The number of benzene rings is 2. The molecule has 0 heterocycles. The van der Waals surface area contributed by atoms with Crippen molar-refractivity contribution in [2.75, 3.05) is 6.61 Å². The zero-order valence-electron chi connectivity index (χ0n) is 14.0. The van der Waals surface area contributed by atoms with Crippen LogP contribution in [0.15, 0.2) is 47.4 Å². The maximum Gasteiger partial charge on any atom is 0.289 e. The van der Waals surface area contributed by atoms with E-state index >= 15 is 0 Å². The van der Waals surface area contributed by atoms with Gasteiger partial charge in [-0.25, -0.2) is 13.1 Å². The molecule has 0 aliphatic heterocycles. The number of hydrogen-bond donors (Lipinski definition) is 2. The van der Waals surface area contributed by atoms with Crippen LogP contribution in [0, 0.1) is 24.0 Å². The van der Waals surface area contributed by atoms with Crippen molar-refractivity contribution in [3.8, 4) is 0 Å². The van der Waals surface area contributed by atoms with Crippen LogP contribution in [-0.4, -0.2) is 31.1 Å². The number of rotatable bonds is 7. The first kappa shape index (κ1) is 19.0. The van der Waals surface area contributed by atoms with Crippen molar-refractivity contribution in [2.24, 2.45) is 0 Å². The SMILES string of the molecule is Cc1cc(C)cc(C[C@H](CO)NS(=O)(=O)c2ccccc2[N+](=O)[O-])c1. The number of nitrogens with one attached hydrogen (secondary N) is 1. The van der Waals surface area contributed by atoms with Crippen molar-refractivity contribution in [1.29, 1.82) is 0 Å². The highest BCUT2D eigenvalue weighted by molar-refractivity contribution is 7.89. The maximum absolute atomic E-state index is 12.5. The lowest BCUT2D eigenvalue weighted by atomic mass is 10.0. The predicted molar refractivity (Wildman–Crippen MR) is 93.9 cm³/mol. The van der Waals surface area contributed by atoms with Gasteiger partial charge in [0.05, 0.1) is 11.5 Å². The van der Waals surface area contributed by atoms with E-state index in [4.69, 9.17) is 0 Å². The van der Waals surface area contributed by atoms with Gasteiger partial charge >= 0.3 is 0 Å². The zero-order chi connectivity index (χ0) is 18.6. The molecule has 8 heteroatoms. The molecule has 0 aromatic heterocycles. The summed E-state index contributed by atoms with van der Waals surface area (Å²) >= 11 is 0. The molecule has 0 unspecified atom stereocenters. The molecule has 0 spiro atoms. The van der Waals surface area contributed by atoms with E-state index in [1.165, 1.54) is 18.2 Å². The standard InChI is InChI=1S/C17H20N2O5S/c1-12-7-13(2)9-14(8-12)10-15(11-20)18-25(23,24)17-6-4-3-5-16(17)19(21)22/h3-9,15,18,20H,10-11H2,1-2H3/t15-/m1/s1. The number of aryl methyl sites for hydroxylation is 2. The number of nitrogens with zero attached hydrogens (tertiary/aromatic N) is 1. The van der Waals surface area contributed by atoms with Gasteiger partial charge in [0.1, 0.15) is 0 Å². The van der Waals surface area contributed by atoms with E-state index in [0.29, 0.717) is 0 Å². The summed E-state index contributed by atoms with van der Waals surface area (Å²) in [4.78, 5) is 9.89. The van der Waals surface area contributed by atoms with Crippen molar-refractivity contribution in [2.45, 2.75) is 31.2 Å². The summed E-state index contributed by atoms with van der Waals surface area (Å²) in [5.74, 6) is 0. The number of aliphatic hydroxyl groups excluding tert-OH is 1. The van der Waals surface area contributed by atoms with Crippen molar-refractivity contribution in [1.82, 2.24) is 4.72 Å². The van der Waals surface area contributed by atoms with E-state index < -0.39 is 38.2 Å². The minimum Gasteiger partial charge on any atom is -0.395 e. The third-order valence-corrected chi connectivity index (χ3v) is 5.23. The van der Waals surface area contributed by atoms with E-state index in [0.717, 1.165) is 22.8 Å². The predicted octanol–water partition coefficient (Wildman–Crippen LogP) is 2.09. The fourth-order valence-electron chi connectivity index (χ4n) is 2.73. The molecule has 0 fully saturated rings. The van der Waals surface area contributed by atoms with Crippen LogP contribution in [0.5, 0.6) is 0 Å². The molecule has 25 heavy (non-hydrogen) atoms. The van der Waals surface area contributed by atoms with Crippen LogP contribution in [0.2, 0.25) is 0 Å². The Labute approximate surface area is 146 Å². The second kappa shape index (κ2) is 7.73. The van der Waals surface area contributed by atoms with E-state index in [-0.39, 0.29) is 6.42 Å². The molecule has 2 rings (SSSR count). The normalized spacial score (nSPS) is 12.8. The molecule has 0 aliphatic carbocycles. The molecule has 0 radical (unpaired) electrons. The minimum atomic E-state index is -4.14. The number of hydrogen-bond acceptors (Lipinski definition) is 5. The summed E-state index contributed by atoms with van der Waals surface area (Å²) in [6.45, 7) is 3.44. The Morgan fingerprint density at radius 3 is 2.32 bits per heavy atom. The summed E-state index contributed by atoms with van der Waals surface area (Å²) in [5, 5.41) is 20.6. The Bertz CT molecular complexity index is 860. The average Bonchev–Trinajstić information content (AvgIpc) is 2.53. The molecule has 7 nitrogen and oxygen atoms in total. The van der Waals surface area contributed by atoms with Crippen LogP contribution in [-0.2, 0) is 16.4 Å². The maximum atomic E-state index is 12.5. The molecule has 134 valence electrons. The molecule has 0 bridgehead atoms. The minimum absolute atomic E-state index is 0.277. The summed E-state index contributed by atoms with van der Waals surface area (Å²) < 4.78 is 27.4. The van der Waals surface area contributed by atoms with Crippen molar-refractivity contribution in [3.05, 3.63) is 69.3 Å². The number of sulfonamides is 1. The highest BCUT2D eigenvalue weighted by Gasteiger charge is 2.27. The van der Waals surface area contributed by atoms with Gasteiger partial charge < -0.3 is 5.11 Å². The lowest BCUT2D eigenvalue weighted by Gasteiger charge is -2.17. The van der Waals surface area contributed by atoms with Crippen molar-refractivity contribution >= 4 is 15.7 Å². The highest BCUT2D eigenvalue weighted by Crippen LogP contribution is 2.23. The molecule has 2 aromatic rings. The lowest BCUT2D eigenvalue weighted by Crippen LogP contribution is -2.39. The monoisotopic (exact) mass is 364 g/mol. The Hall–Kier alpha value is -2.29. The Balaban J connectivity index is 2.27. The second-order valence-corrected chi connectivity index (χ2v) is 7.61. The van der Waals surface area contributed by atoms with Gasteiger partial charge in [-0.05, 0) is 31.9 Å². The summed E-state index contributed by atoms with van der Waals surface area (Å²) in [6.07, 6.45) is 0.277. The Kier molecular flexibility index (Phi) is 5.89. The number of para-hydroxylation sites is 1. The van der Waals surface area contributed by atoms with Gasteiger partial charge in [0, 0.05) is 12.1 Å². The van der Waals surface area contributed by atoms with Crippen LogP contribution in [0.25, 0.3) is 0 Å². The quantitative estimate of drug-likeness (QED) is 0.577. The third-order valence-electron chi connectivity index (χ3n) is 3.66. The third kappa shape index (κ3) is 4.85. The highest BCUT2D eigenvalue weighted by atomic mass is 32.2. The topological polar surface area (TPSA) is 110 Å². The van der Waals surface area contributed by atoms with Gasteiger partial charge in [-0.3, -0.25) is 10.1 Å². The summed E-state index contributed by atoms with van der Waals surface area (Å²) in [7, 11) is -4.14. The summed E-state index contributed by atoms with van der Waals surface area (Å²) in [6, 6.07) is 10.2. The smallest absolute Gasteiger partial charge is 0.289 e. The molecule has 0 saturated carbocycles. The molecule has 0 saturated heterocycles. The Morgan fingerprint density at radius 1 is 1.16 bits per heavy atom. The fraction of sp³-hybridized carbons (Fsp3) is 0.294. The number of aliphatic hydroxyl groups is 1. The molecular weight excluding hydrogens is 344 g/mol. The average molecular weight is 364 g/mol. The van der Waals surface area contributed by atoms with Crippen molar-refractivity contribution in [3.63, 3.8) is 0 Å². The van der Waals surface area contributed by atoms with E-state index in [2.05, 4.69) is 4.72 Å². The summed E-state index contributed by atoms with van der Waals surface area (Å²) in [5.41, 5.74) is 2.45. The fourth-order valence-corrected chi connectivity index (χ4v) is 4.13. The first-order chi connectivity index (χ1) is 11.7. The van der Waals surface area contributed by atoms with E-state index in [1.807, 2.05) is 32.0 Å².